The fourth-order valence-corrected chi connectivity index (χ4v) is 4.57. The van der Waals surface area contributed by atoms with Gasteiger partial charge in [-0.15, -0.1) is 0 Å². The minimum absolute atomic E-state index is 0.494. The fourth-order valence-electron chi connectivity index (χ4n) is 4.57. The second kappa shape index (κ2) is 7.41. The van der Waals surface area contributed by atoms with E-state index in [4.69, 9.17) is 0 Å². The Kier molecular flexibility index (Phi) is 6.19. The van der Waals surface area contributed by atoms with Crippen molar-refractivity contribution in [3.63, 3.8) is 0 Å². The van der Waals surface area contributed by atoms with Crippen LogP contribution in [0.5, 0.6) is 0 Å². The van der Waals surface area contributed by atoms with Gasteiger partial charge in [-0.2, -0.15) is 0 Å². The summed E-state index contributed by atoms with van der Waals surface area (Å²) >= 11 is 0. The molecule has 2 aliphatic heterocycles. The maximum Gasteiger partial charge on any atom is 0.0746 e. The van der Waals surface area contributed by atoms with Gasteiger partial charge in [-0.25, -0.2) is 0 Å². The third-order valence-corrected chi connectivity index (χ3v) is 6.92. The summed E-state index contributed by atoms with van der Waals surface area (Å²) in [6.07, 6.45) is 7.42. The summed E-state index contributed by atoms with van der Waals surface area (Å²) in [5.74, 6) is 0.799. The van der Waals surface area contributed by atoms with E-state index in [2.05, 4.69) is 44.5 Å². The van der Waals surface area contributed by atoms with Crippen LogP contribution in [0.25, 0.3) is 0 Å². The summed E-state index contributed by atoms with van der Waals surface area (Å²) in [5, 5.41) is 10.4. The second-order valence-corrected chi connectivity index (χ2v) is 9.39. The average molecular weight is 325 g/mol. The van der Waals surface area contributed by atoms with Crippen LogP contribution in [0.2, 0.25) is 0 Å². The first-order valence-corrected chi connectivity index (χ1v) is 9.80. The zero-order valence-corrected chi connectivity index (χ0v) is 16.4. The quantitative estimate of drug-likeness (QED) is 0.834. The van der Waals surface area contributed by atoms with E-state index in [-0.39, 0.29) is 0 Å². The molecular formula is C20H40N2O. The molecule has 3 heteroatoms. The number of aliphatic hydroxyl groups is 1. The molecule has 0 aromatic rings. The van der Waals surface area contributed by atoms with E-state index in [0.29, 0.717) is 17.5 Å². The van der Waals surface area contributed by atoms with E-state index >= 15 is 0 Å². The maximum atomic E-state index is 10.4. The van der Waals surface area contributed by atoms with Crippen LogP contribution in [0.3, 0.4) is 0 Å². The standard InChI is InChI=1S/C20H40N2O/c1-16(2)22-15-20(5,23)10-9-18(22)8-7-17(3)19(4)11-13-21(6)14-12-19/h16-18,23H,7-15H2,1-6H3/t17?,18-,20-/m0/s1. The van der Waals surface area contributed by atoms with Crippen LogP contribution in [0.1, 0.15) is 73.1 Å². The van der Waals surface area contributed by atoms with Gasteiger partial charge in [0.25, 0.3) is 0 Å². The molecule has 3 nitrogen and oxygen atoms in total. The molecule has 23 heavy (non-hydrogen) atoms. The molecule has 1 N–H and O–H groups in total. The van der Waals surface area contributed by atoms with Crippen molar-refractivity contribution in [3.8, 4) is 0 Å². The number of nitrogens with zero attached hydrogens (tertiary/aromatic N) is 2. The van der Waals surface area contributed by atoms with E-state index in [1.807, 2.05) is 6.92 Å². The van der Waals surface area contributed by atoms with Gasteiger partial charge in [0.05, 0.1) is 5.60 Å². The highest BCUT2D eigenvalue weighted by atomic mass is 16.3. The number of hydrogen-bond donors (Lipinski definition) is 1. The number of hydrogen-bond acceptors (Lipinski definition) is 3. The van der Waals surface area contributed by atoms with Crippen LogP contribution in [0.4, 0.5) is 0 Å². The zero-order valence-electron chi connectivity index (χ0n) is 16.4. The monoisotopic (exact) mass is 324 g/mol. The highest BCUT2D eigenvalue weighted by molar-refractivity contribution is 4.92. The Balaban J connectivity index is 1.88. The SMILES string of the molecule is CC(C)N1C[C@@](C)(O)CC[C@@H]1CCC(C)C1(C)CCN(C)CC1. The average Bonchev–Trinajstić information content (AvgIpc) is 2.48. The Morgan fingerprint density at radius 3 is 2.26 bits per heavy atom. The van der Waals surface area contributed by atoms with Crippen molar-refractivity contribution in [2.45, 2.75) is 90.8 Å². The molecule has 0 aliphatic carbocycles. The summed E-state index contributed by atoms with van der Waals surface area (Å²) in [7, 11) is 2.25. The van der Waals surface area contributed by atoms with Gasteiger partial charge in [-0.1, -0.05) is 13.8 Å². The van der Waals surface area contributed by atoms with E-state index in [9.17, 15) is 5.11 Å². The van der Waals surface area contributed by atoms with Gasteiger partial charge in [0.2, 0.25) is 0 Å². The minimum atomic E-state index is -0.494. The first-order chi connectivity index (χ1) is 10.6. The van der Waals surface area contributed by atoms with Gasteiger partial charge in [-0.3, -0.25) is 4.90 Å². The van der Waals surface area contributed by atoms with Gasteiger partial charge < -0.3 is 10.0 Å². The maximum absolute atomic E-state index is 10.4. The van der Waals surface area contributed by atoms with Crippen LogP contribution in [-0.4, -0.2) is 59.3 Å². The topological polar surface area (TPSA) is 26.7 Å². The lowest BCUT2D eigenvalue weighted by Crippen LogP contribution is -2.54. The van der Waals surface area contributed by atoms with Gasteiger partial charge in [0.1, 0.15) is 0 Å². The zero-order chi connectivity index (χ0) is 17.3. The summed E-state index contributed by atoms with van der Waals surface area (Å²) < 4.78 is 0. The fraction of sp³-hybridized carbons (Fsp3) is 1.00. The van der Waals surface area contributed by atoms with Gasteiger partial charge in [-0.05, 0) is 90.8 Å². The molecule has 0 amide bonds. The van der Waals surface area contributed by atoms with Crippen LogP contribution in [-0.2, 0) is 0 Å². The van der Waals surface area contributed by atoms with Crippen LogP contribution in [0, 0.1) is 11.3 Å². The summed E-state index contributed by atoms with van der Waals surface area (Å²) in [5.41, 5.74) is 0.0294. The first-order valence-electron chi connectivity index (χ1n) is 9.80. The molecule has 2 aliphatic rings. The van der Waals surface area contributed by atoms with E-state index in [0.717, 1.165) is 25.3 Å². The van der Waals surface area contributed by atoms with E-state index in [1.54, 1.807) is 0 Å². The van der Waals surface area contributed by atoms with Gasteiger partial charge >= 0.3 is 0 Å². The lowest BCUT2D eigenvalue weighted by molar-refractivity contribution is -0.0544. The summed E-state index contributed by atoms with van der Waals surface area (Å²) in [6, 6.07) is 1.19. The molecule has 136 valence electrons. The Bertz CT molecular complexity index is 372. The van der Waals surface area contributed by atoms with Crippen molar-refractivity contribution in [2.75, 3.05) is 26.7 Å². The van der Waals surface area contributed by atoms with E-state index < -0.39 is 5.60 Å². The van der Waals surface area contributed by atoms with Crippen LogP contribution >= 0.6 is 0 Å². The molecule has 0 saturated carbocycles. The van der Waals surface area contributed by atoms with Crippen molar-refractivity contribution < 1.29 is 5.11 Å². The molecule has 2 rings (SSSR count). The number of rotatable bonds is 5. The number of β-amino-alcohol motifs (C(OH)–C–C–N with tert-alkyl or cyclic N) is 1. The van der Waals surface area contributed by atoms with Crippen molar-refractivity contribution in [1.29, 1.82) is 0 Å². The molecule has 0 aromatic heterocycles. The molecule has 0 spiro atoms. The summed E-state index contributed by atoms with van der Waals surface area (Å²) in [4.78, 5) is 5.02. The molecule has 1 unspecified atom stereocenters. The Hall–Kier alpha value is -0.120. The molecule has 0 aromatic carbocycles. The first kappa shape index (κ1) is 19.2. The highest BCUT2D eigenvalue weighted by Crippen LogP contribution is 2.41. The van der Waals surface area contributed by atoms with Crippen molar-refractivity contribution in [2.24, 2.45) is 11.3 Å². The largest absolute Gasteiger partial charge is 0.389 e. The highest BCUT2D eigenvalue weighted by Gasteiger charge is 2.38. The van der Waals surface area contributed by atoms with Crippen molar-refractivity contribution in [1.82, 2.24) is 9.80 Å². The Labute approximate surface area is 144 Å². The predicted octanol–water partition coefficient (Wildman–Crippen LogP) is 3.76. The smallest absolute Gasteiger partial charge is 0.0746 e. The lowest BCUT2D eigenvalue weighted by atomic mass is 9.69. The molecular weight excluding hydrogens is 284 g/mol. The van der Waals surface area contributed by atoms with Crippen LogP contribution < -0.4 is 0 Å². The third-order valence-electron chi connectivity index (χ3n) is 6.92. The number of likely N-dealkylation sites (tertiary alicyclic amines) is 2. The molecule has 3 atom stereocenters. The van der Waals surface area contributed by atoms with Crippen molar-refractivity contribution in [3.05, 3.63) is 0 Å². The Morgan fingerprint density at radius 2 is 1.70 bits per heavy atom. The lowest BCUT2D eigenvalue weighted by Gasteiger charge is -2.46. The molecule has 0 bridgehead atoms. The molecule has 2 heterocycles. The molecule has 2 saturated heterocycles. The van der Waals surface area contributed by atoms with Gasteiger partial charge in [0, 0.05) is 18.6 Å². The van der Waals surface area contributed by atoms with Crippen LogP contribution in [0.15, 0.2) is 0 Å². The number of piperidine rings is 2. The second-order valence-electron chi connectivity index (χ2n) is 9.39. The normalized spacial score (nSPS) is 34.7. The third kappa shape index (κ3) is 4.93. The van der Waals surface area contributed by atoms with Gasteiger partial charge in [0.15, 0.2) is 0 Å². The molecule has 2 fully saturated rings. The van der Waals surface area contributed by atoms with Crippen molar-refractivity contribution >= 4 is 0 Å². The predicted molar refractivity (Wildman–Crippen MR) is 98.7 cm³/mol. The molecule has 0 radical (unpaired) electrons. The van der Waals surface area contributed by atoms with E-state index in [1.165, 1.54) is 38.8 Å². The summed E-state index contributed by atoms with van der Waals surface area (Å²) in [6.45, 7) is 14.9. The Morgan fingerprint density at radius 1 is 1.09 bits per heavy atom. The minimum Gasteiger partial charge on any atom is -0.389 e.